The molecule has 1 aromatic rings. The minimum atomic E-state index is -0.906. The molecule has 1 aromatic carbocycles. The van der Waals surface area contributed by atoms with Gasteiger partial charge in [-0.2, -0.15) is 0 Å². The topological polar surface area (TPSA) is 55.8 Å². The quantitative estimate of drug-likeness (QED) is 0.818. The zero-order valence-electron chi connectivity index (χ0n) is 13.0. The highest BCUT2D eigenvalue weighted by Crippen LogP contribution is 2.35. The molecule has 1 unspecified atom stereocenters. The summed E-state index contributed by atoms with van der Waals surface area (Å²) in [4.78, 5) is 11.2. The van der Waals surface area contributed by atoms with Gasteiger partial charge in [-0.05, 0) is 43.4 Å². The van der Waals surface area contributed by atoms with Gasteiger partial charge in [0.05, 0.1) is 25.0 Å². The molecule has 1 saturated carbocycles. The van der Waals surface area contributed by atoms with E-state index in [4.69, 9.17) is 15.9 Å². The first-order valence-electron chi connectivity index (χ1n) is 7.60. The van der Waals surface area contributed by atoms with Crippen molar-refractivity contribution in [2.24, 2.45) is 5.92 Å². The van der Waals surface area contributed by atoms with E-state index in [1.807, 2.05) is 12.1 Å². The maximum Gasteiger partial charge on any atom is 0.307 e. The lowest BCUT2D eigenvalue weighted by atomic mass is 9.88. The number of benzene rings is 1. The highest BCUT2D eigenvalue weighted by molar-refractivity contribution is 5.72. The summed E-state index contributed by atoms with van der Waals surface area (Å²) in [6, 6.07) is 5.42. The summed E-state index contributed by atoms with van der Waals surface area (Å²) in [5.74, 6) is 1.82. The third-order valence-corrected chi connectivity index (χ3v) is 4.21. The smallest absolute Gasteiger partial charge is 0.307 e. The molecule has 0 saturated heterocycles. The monoisotopic (exact) mass is 302 g/mol. The van der Waals surface area contributed by atoms with Crippen LogP contribution in [0.1, 0.15) is 44.1 Å². The zero-order valence-corrected chi connectivity index (χ0v) is 13.0. The lowest BCUT2D eigenvalue weighted by molar-refractivity contribution is -0.141. The van der Waals surface area contributed by atoms with Crippen molar-refractivity contribution in [1.29, 1.82) is 0 Å². The van der Waals surface area contributed by atoms with E-state index in [2.05, 4.69) is 5.92 Å². The van der Waals surface area contributed by atoms with Crippen LogP contribution in [0.2, 0.25) is 0 Å². The molecule has 4 heteroatoms. The van der Waals surface area contributed by atoms with Crippen molar-refractivity contribution in [1.82, 2.24) is 0 Å². The van der Waals surface area contributed by atoms with Gasteiger partial charge in [-0.15, -0.1) is 6.42 Å². The number of methoxy groups -OCH3 is 1. The number of aliphatic carboxylic acids is 1. The molecule has 2 rings (SSSR count). The van der Waals surface area contributed by atoms with Gasteiger partial charge < -0.3 is 14.6 Å². The van der Waals surface area contributed by atoms with Crippen LogP contribution in [0.4, 0.5) is 0 Å². The molecule has 1 N–H and O–H groups in total. The van der Waals surface area contributed by atoms with Crippen molar-refractivity contribution in [3.05, 3.63) is 23.8 Å². The highest BCUT2D eigenvalue weighted by atomic mass is 16.5. The summed E-state index contributed by atoms with van der Waals surface area (Å²) in [5.41, 5.74) is 0.770. The van der Waals surface area contributed by atoms with Crippen molar-refractivity contribution in [2.45, 2.75) is 44.6 Å². The number of hydrogen-bond donors (Lipinski definition) is 1. The average molecular weight is 302 g/mol. The molecule has 1 aliphatic rings. The summed E-state index contributed by atoms with van der Waals surface area (Å²) in [6.07, 6.45) is 10.2. The normalized spacial score (nSPS) is 17.5. The molecule has 0 radical (unpaired) electrons. The Morgan fingerprint density at radius 3 is 2.59 bits per heavy atom. The van der Waals surface area contributed by atoms with Gasteiger partial charge in [0.15, 0.2) is 11.5 Å². The Bertz CT molecular complexity index is 567. The van der Waals surface area contributed by atoms with E-state index < -0.39 is 17.8 Å². The molecule has 22 heavy (non-hydrogen) atoms. The van der Waals surface area contributed by atoms with Crippen LogP contribution in [0.15, 0.2) is 18.2 Å². The van der Waals surface area contributed by atoms with Gasteiger partial charge in [0, 0.05) is 0 Å². The number of carboxylic acid groups (broad SMARTS) is 1. The first-order chi connectivity index (χ1) is 10.6. The molecule has 0 aromatic heterocycles. The van der Waals surface area contributed by atoms with E-state index >= 15 is 0 Å². The zero-order chi connectivity index (χ0) is 16.1. The van der Waals surface area contributed by atoms with Gasteiger partial charge in [0.2, 0.25) is 0 Å². The molecule has 1 fully saturated rings. The SMILES string of the molecule is C#CC(c1ccc(OC)c(OC2CCCC2)c1)[C@H](C)C(=O)O. The fourth-order valence-corrected chi connectivity index (χ4v) is 2.84. The third-order valence-electron chi connectivity index (χ3n) is 4.21. The number of ether oxygens (including phenoxy) is 2. The van der Waals surface area contributed by atoms with Gasteiger partial charge in [-0.25, -0.2) is 0 Å². The lowest BCUT2D eigenvalue weighted by Crippen LogP contribution is -2.18. The van der Waals surface area contributed by atoms with Crippen LogP contribution in [0.5, 0.6) is 11.5 Å². The number of terminal acetylenes is 1. The lowest BCUT2D eigenvalue weighted by Gasteiger charge is -2.20. The maximum absolute atomic E-state index is 11.2. The summed E-state index contributed by atoms with van der Waals surface area (Å²) in [6.45, 7) is 1.62. The largest absolute Gasteiger partial charge is 0.493 e. The molecule has 4 nitrogen and oxygen atoms in total. The van der Waals surface area contributed by atoms with Crippen LogP contribution < -0.4 is 9.47 Å². The Morgan fingerprint density at radius 1 is 1.36 bits per heavy atom. The van der Waals surface area contributed by atoms with Gasteiger partial charge in [-0.1, -0.05) is 18.9 Å². The van der Waals surface area contributed by atoms with Gasteiger partial charge >= 0.3 is 5.97 Å². The number of carboxylic acids is 1. The van der Waals surface area contributed by atoms with Crippen molar-refractivity contribution in [2.75, 3.05) is 7.11 Å². The molecule has 0 amide bonds. The number of rotatable bonds is 6. The van der Waals surface area contributed by atoms with E-state index in [9.17, 15) is 9.90 Å². The summed E-state index contributed by atoms with van der Waals surface area (Å²) in [5, 5.41) is 9.19. The van der Waals surface area contributed by atoms with Crippen LogP contribution in [-0.4, -0.2) is 24.3 Å². The van der Waals surface area contributed by atoms with E-state index in [-0.39, 0.29) is 6.10 Å². The summed E-state index contributed by atoms with van der Waals surface area (Å²) >= 11 is 0. The molecule has 1 aliphatic carbocycles. The van der Waals surface area contributed by atoms with Crippen LogP contribution in [-0.2, 0) is 4.79 Å². The maximum atomic E-state index is 11.2. The Hall–Kier alpha value is -2.15. The van der Waals surface area contributed by atoms with Crippen LogP contribution in [0.25, 0.3) is 0 Å². The minimum Gasteiger partial charge on any atom is -0.493 e. The van der Waals surface area contributed by atoms with Gasteiger partial charge in [0.1, 0.15) is 0 Å². The summed E-state index contributed by atoms with van der Waals surface area (Å²) in [7, 11) is 1.59. The Morgan fingerprint density at radius 2 is 2.05 bits per heavy atom. The Labute approximate surface area is 131 Å². The molecule has 0 heterocycles. The second-order valence-electron chi connectivity index (χ2n) is 5.71. The Kier molecular flexibility index (Phi) is 5.32. The molecule has 0 aliphatic heterocycles. The fraction of sp³-hybridized carbons (Fsp3) is 0.500. The number of carbonyl (C=O) groups is 1. The average Bonchev–Trinajstić information content (AvgIpc) is 3.01. The molecule has 2 atom stereocenters. The summed E-state index contributed by atoms with van der Waals surface area (Å²) < 4.78 is 11.4. The van der Waals surface area contributed by atoms with E-state index in [1.54, 1.807) is 20.1 Å². The number of hydrogen-bond acceptors (Lipinski definition) is 3. The second-order valence-corrected chi connectivity index (χ2v) is 5.71. The fourth-order valence-electron chi connectivity index (χ4n) is 2.84. The molecular formula is C18H22O4. The van der Waals surface area contributed by atoms with Gasteiger partial charge in [-0.3, -0.25) is 4.79 Å². The van der Waals surface area contributed by atoms with Crippen LogP contribution in [0.3, 0.4) is 0 Å². The Balaban J connectivity index is 2.28. The highest BCUT2D eigenvalue weighted by Gasteiger charge is 2.25. The predicted molar refractivity (Wildman–Crippen MR) is 84.3 cm³/mol. The van der Waals surface area contributed by atoms with E-state index in [1.165, 1.54) is 12.8 Å². The first kappa shape index (κ1) is 16.2. The van der Waals surface area contributed by atoms with Crippen molar-refractivity contribution in [3.8, 4) is 23.8 Å². The standard InChI is InChI=1S/C18H22O4/c1-4-15(12(2)18(19)20)13-9-10-16(21-3)17(11-13)22-14-7-5-6-8-14/h1,9-12,14-15H,5-8H2,2-3H3,(H,19,20)/t12-,15?/m0/s1. The van der Waals surface area contributed by atoms with Crippen LogP contribution >= 0.6 is 0 Å². The third kappa shape index (κ3) is 3.54. The second kappa shape index (κ2) is 7.22. The molecular weight excluding hydrogens is 280 g/mol. The molecule has 0 bridgehead atoms. The molecule has 118 valence electrons. The van der Waals surface area contributed by atoms with Crippen molar-refractivity contribution < 1.29 is 19.4 Å². The van der Waals surface area contributed by atoms with Crippen molar-refractivity contribution in [3.63, 3.8) is 0 Å². The molecule has 0 spiro atoms. The van der Waals surface area contributed by atoms with E-state index in [0.29, 0.717) is 11.5 Å². The van der Waals surface area contributed by atoms with Crippen molar-refractivity contribution >= 4 is 5.97 Å². The minimum absolute atomic E-state index is 0.199. The first-order valence-corrected chi connectivity index (χ1v) is 7.60. The predicted octanol–water partition coefficient (Wildman–Crippen LogP) is 3.45. The van der Waals surface area contributed by atoms with Gasteiger partial charge in [0.25, 0.3) is 0 Å². The van der Waals surface area contributed by atoms with Crippen LogP contribution in [0, 0.1) is 18.3 Å². The van der Waals surface area contributed by atoms with E-state index in [0.717, 1.165) is 18.4 Å².